The van der Waals surface area contributed by atoms with Gasteiger partial charge in [-0.25, -0.2) is 9.67 Å². The van der Waals surface area contributed by atoms with E-state index >= 15 is 0 Å². The van der Waals surface area contributed by atoms with E-state index in [1.807, 2.05) is 18.2 Å². The number of aliphatic hydroxyl groups excluding tert-OH is 1. The lowest BCUT2D eigenvalue weighted by Crippen LogP contribution is -2.14. The van der Waals surface area contributed by atoms with Crippen molar-refractivity contribution in [3.63, 3.8) is 0 Å². The van der Waals surface area contributed by atoms with E-state index in [1.165, 1.54) is 0 Å². The van der Waals surface area contributed by atoms with Crippen LogP contribution in [0.5, 0.6) is 11.5 Å². The highest BCUT2D eigenvalue weighted by molar-refractivity contribution is 6.33. The summed E-state index contributed by atoms with van der Waals surface area (Å²) in [4.78, 5) is 4.36. The van der Waals surface area contributed by atoms with Crippen LogP contribution < -0.4 is 15.2 Å². The monoisotopic (exact) mass is 388 g/mol. The minimum Gasteiger partial charge on any atom is -0.497 e. The Morgan fingerprint density at radius 1 is 1.19 bits per heavy atom. The molecule has 3 rings (SSSR count). The van der Waals surface area contributed by atoms with Crippen molar-refractivity contribution in [2.45, 2.75) is 12.6 Å². The SMILES string of the molecule is COc1ccc(Cn2cnc(-c3cc([C@H](N)CO)ccc3Cl)n2)c(OC)c1. The van der Waals surface area contributed by atoms with Crippen LogP contribution in [0.3, 0.4) is 0 Å². The number of aromatic nitrogens is 3. The minimum atomic E-state index is -0.480. The van der Waals surface area contributed by atoms with Crippen LogP contribution in [0.25, 0.3) is 11.4 Å². The van der Waals surface area contributed by atoms with E-state index in [0.29, 0.717) is 28.7 Å². The van der Waals surface area contributed by atoms with Crippen molar-refractivity contribution in [1.29, 1.82) is 0 Å². The van der Waals surface area contributed by atoms with Crippen molar-refractivity contribution in [3.05, 3.63) is 58.9 Å². The lowest BCUT2D eigenvalue weighted by molar-refractivity contribution is 0.268. The Balaban J connectivity index is 1.88. The van der Waals surface area contributed by atoms with Gasteiger partial charge < -0.3 is 20.3 Å². The molecular formula is C19H21ClN4O3. The summed E-state index contributed by atoms with van der Waals surface area (Å²) in [6, 6.07) is 10.5. The second-order valence-corrected chi connectivity index (χ2v) is 6.38. The Morgan fingerprint density at radius 3 is 2.70 bits per heavy atom. The molecule has 0 aliphatic rings. The molecule has 1 heterocycles. The number of rotatable bonds is 7. The van der Waals surface area contributed by atoms with Gasteiger partial charge in [-0.2, -0.15) is 5.10 Å². The number of methoxy groups -OCH3 is 2. The highest BCUT2D eigenvalue weighted by Gasteiger charge is 2.14. The molecule has 0 spiro atoms. The second-order valence-electron chi connectivity index (χ2n) is 5.97. The molecule has 1 aromatic heterocycles. The number of nitrogens with zero attached hydrogens (tertiary/aromatic N) is 3. The maximum atomic E-state index is 9.26. The average molecular weight is 389 g/mol. The zero-order valence-corrected chi connectivity index (χ0v) is 15.8. The third kappa shape index (κ3) is 4.21. The van der Waals surface area contributed by atoms with E-state index in [9.17, 15) is 5.11 Å². The van der Waals surface area contributed by atoms with Gasteiger partial charge in [0.2, 0.25) is 0 Å². The number of hydrogen-bond donors (Lipinski definition) is 2. The molecular weight excluding hydrogens is 368 g/mol. The molecule has 0 fully saturated rings. The molecule has 0 aliphatic carbocycles. The fourth-order valence-electron chi connectivity index (χ4n) is 2.70. The number of aliphatic hydroxyl groups is 1. The third-order valence-corrected chi connectivity index (χ3v) is 4.55. The zero-order chi connectivity index (χ0) is 19.4. The predicted octanol–water partition coefficient (Wildman–Crippen LogP) is 2.66. The van der Waals surface area contributed by atoms with Gasteiger partial charge in [-0.05, 0) is 29.8 Å². The van der Waals surface area contributed by atoms with Gasteiger partial charge in [0.25, 0.3) is 0 Å². The molecule has 0 saturated heterocycles. The van der Waals surface area contributed by atoms with Crippen molar-refractivity contribution in [1.82, 2.24) is 14.8 Å². The van der Waals surface area contributed by atoms with Crippen LogP contribution in [-0.4, -0.2) is 40.7 Å². The Hall–Kier alpha value is -2.61. The number of benzene rings is 2. The lowest BCUT2D eigenvalue weighted by Gasteiger charge is -2.11. The molecule has 3 N–H and O–H groups in total. The molecule has 1 atom stereocenters. The maximum absolute atomic E-state index is 9.26. The standard InChI is InChI=1S/C19H21ClN4O3/c1-26-14-5-3-13(18(8-14)27-2)9-24-11-22-19(23-24)15-7-12(17(21)10-25)4-6-16(15)20/h3-8,11,17,25H,9-10,21H2,1-2H3/t17-/m1/s1. The Bertz CT molecular complexity index is 929. The minimum absolute atomic E-state index is 0.153. The predicted molar refractivity (Wildman–Crippen MR) is 103 cm³/mol. The number of ether oxygens (including phenoxy) is 2. The van der Waals surface area contributed by atoms with Gasteiger partial charge >= 0.3 is 0 Å². The summed E-state index contributed by atoms with van der Waals surface area (Å²) in [5, 5.41) is 14.3. The molecule has 0 bridgehead atoms. The normalized spacial score (nSPS) is 12.0. The van der Waals surface area contributed by atoms with Gasteiger partial charge in [-0.3, -0.25) is 0 Å². The molecule has 7 nitrogen and oxygen atoms in total. The van der Waals surface area contributed by atoms with E-state index in [4.69, 9.17) is 26.8 Å². The Morgan fingerprint density at radius 2 is 2.00 bits per heavy atom. The highest BCUT2D eigenvalue weighted by atomic mass is 35.5. The van der Waals surface area contributed by atoms with Crippen LogP contribution in [0.15, 0.2) is 42.7 Å². The van der Waals surface area contributed by atoms with Gasteiger partial charge in [-0.1, -0.05) is 17.7 Å². The average Bonchev–Trinajstić information content (AvgIpc) is 3.16. The summed E-state index contributed by atoms with van der Waals surface area (Å²) < 4.78 is 12.3. The highest BCUT2D eigenvalue weighted by Crippen LogP contribution is 2.29. The molecule has 8 heteroatoms. The van der Waals surface area contributed by atoms with Gasteiger partial charge in [0.1, 0.15) is 17.8 Å². The van der Waals surface area contributed by atoms with Crippen molar-refractivity contribution >= 4 is 11.6 Å². The van der Waals surface area contributed by atoms with Crippen molar-refractivity contribution in [2.24, 2.45) is 5.73 Å². The molecule has 0 radical (unpaired) electrons. The molecule has 27 heavy (non-hydrogen) atoms. The van der Waals surface area contributed by atoms with E-state index < -0.39 is 6.04 Å². The maximum Gasteiger partial charge on any atom is 0.182 e. The molecule has 0 unspecified atom stereocenters. The van der Waals surface area contributed by atoms with Crippen molar-refractivity contribution in [2.75, 3.05) is 20.8 Å². The summed E-state index contributed by atoms with van der Waals surface area (Å²) >= 11 is 6.30. The summed E-state index contributed by atoms with van der Waals surface area (Å²) in [5.74, 6) is 1.92. The Kier molecular flexibility index (Phi) is 5.95. The summed E-state index contributed by atoms with van der Waals surface area (Å²) in [6.07, 6.45) is 1.63. The van der Waals surface area contributed by atoms with E-state index in [-0.39, 0.29) is 6.61 Å². The van der Waals surface area contributed by atoms with E-state index in [1.54, 1.807) is 43.4 Å². The molecule has 3 aromatic rings. The van der Waals surface area contributed by atoms with Gasteiger partial charge in [-0.15, -0.1) is 0 Å². The summed E-state index contributed by atoms with van der Waals surface area (Å²) in [5.41, 5.74) is 8.27. The zero-order valence-electron chi connectivity index (χ0n) is 15.1. The van der Waals surface area contributed by atoms with Crippen LogP contribution in [0.1, 0.15) is 17.2 Å². The first-order valence-corrected chi connectivity index (χ1v) is 8.70. The fourth-order valence-corrected chi connectivity index (χ4v) is 2.90. The molecule has 142 valence electrons. The van der Waals surface area contributed by atoms with Gasteiger partial charge in [0.15, 0.2) is 5.82 Å². The number of hydrogen-bond acceptors (Lipinski definition) is 6. The van der Waals surface area contributed by atoms with Crippen LogP contribution in [-0.2, 0) is 6.54 Å². The molecule has 0 saturated carbocycles. The smallest absolute Gasteiger partial charge is 0.182 e. The molecule has 2 aromatic carbocycles. The Labute approximate surface area is 162 Å². The van der Waals surface area contributed by atoms with Crippen LogP contribution in [0, 0.1) is 0 Å². The summed E-state index contributed by atoms with van der Waals surface area (Å²) in [6.45, 7) is 0.327. The first kappa shape index (κ1) is 19.2. The second kappa shape index (κ2) is 8.39. The van der Waals surface area contributed by atoms with Gasteiger partial charge in [0, 0.05) is 17.2 Å². The van der Waals surface area contributed by atoms with Crippen molar-refractivity contribution in [3.8, 4) is 22.9 Å². The van der Waals surface area contributed by atoms with E-state index in [2.05, 4.69) is 10.1 Å². The van der Waals surface area contributed by atoms with Gasteiger partial charge in [0.05, 0.1) is 38.4 Å². The quantitative estimate of drug-likeness (QED) is 0.646. The first-order chi connectivity index (χ1) is 13.0. The van der Waals surface area contributed by atoms with Crippen molar-refractivity contribution < 1.29 is 14.6 Å². The molecule has 0 aliphatic heterocycles. The third-order valence-electron chi connectivity index (χ3n) is 4.22. The van der Waals surface area contributed by atoms with Crippen LogP contribution in [0.4, 0.5) is 0 Å². The first-order valence-electron chi connectivity index (χ1n) is 8.32. The van der Waals surface area contributed by atoms with Crippen LogP contribution >= 0.6 is 11.6 Å². The van der Waals surface area contributed by atoms with Crippen LogP contribution in [0.2, 0.25) is 5.02 Å². The lowest BCUT2D eigenvalue weighted by atomic mass is 10.0. The molecule has 0 amide bonds. The fraction of sp³-hybridized carbons (Fsp3) is 0.263. The largest absolute Gasteiger partial charge is 0.497 e. The topological polar surface area (TPSA) is 95.4 Å². The van der Waals surface area contributed by atoms with E-state index in [0.717, 1.165) is 16.9 Å². The summed E-state index contributed by atoms with van der Waals surface area (Å²) in [7, 11) is 3.22. The number of halogens is 1. The number of nitrogens with two attached hydrogens (primary N) is 1.